The first-order chi connectivity index (χ1) is 12.5. The van der Waals surface area contributed by atoms with E-state index in [1.807, 2.05) is 39.0 Å². The Hall–Kier alpha value is -2.32. The third kappa shape index (κ3) is 4.08. The molecule has 1 N–H and O–H groups in total. The first-order valence-electron chi connectivity index (χ1n) is 8.56. The quantitative estimate of drug-likeness (QED) is 0.840. The minimum Gasteiger partial charge on any atom is -0.374 e. The molecule has 0 aliphatic carbocycles. The molecule has 26 heavy (non-hydrogen) atoms. The van der Waals surface area contributed by atoms with Crippen molar-refractivity contribution < 1.29 is 14.3 Å². The topological polar surface area (TPSA) is 84.4 Å². The van der Waals surface area contributed by atoms with Crippen LogP contribution in [0.4, 0.5) is 10.8 Å². The Morgan fingerprint density at radius 2 is 2.15 bits per heavy atom. The van der Waals surface area contributed by atoms with Crippen molar-refractivity contribution >= 4 is 34.0 Å². The number of ether oxygens (including phenoxy) is 1. The lowest BCUT2D eigenvalue weighted by molar-refractivity contribution is -0.122. The van der Waals surface area contributed by atoms with Gasteiger partial charge in [0, 0.05) is 25.3 Å². The minimum absolute atomic E-state index is 0.0392. The van der Waals surface area contributed by atoms with Gasteiger partial charge in [-0.15, -0.1) is 10.2 Å². The van der Waals surface area contributed by atoms with Crippen molar-refractivity contribution in [2.45, 2.75) is 33.8 Å². The van der Waals surface area contributed by atoms with Crippen LogP contribution in [0.15, 0.2) is 18.2 Å². The number of carbonyl (C=O) groups excluding carboxylic acids is 2. The van der Waals surface area contributed by atoms with Gasteiger partial charge in [0.25, 0.3) is 0 Å². The van der Waals surface area contributed by atoms with Crippen molar-refractivity contribution in [3.8, 4) is 0 Å². The predicted octanol–water partition coefficient (Wildman–Crippen LogP) is 2.68. The van der Waals surface area contributed by atoms with Gasteiger partial charge in [0.05, 0.1) is 5.92 Å². The van der Waals surface area contributed by atoms with E-state index in [1.54, 1.807) is 4.90 Å². The van der Waals surface area contributed by atoms with Gasteiger partial charge in [0.2, 0.25) is 16.9 Å². The molecule has 1 fully saturated rings. The number of benzene rings is 1. The molecular weight excluding hydrogens is 352 g/mol. The fraction of sp³-hybridized carbons (Fsp3) is 0.444. The molecule has 0 spiro atoms. The van der Waals surface area contributed by atoms with Crippen LogP contribution in [0.5, 0.6) is 0 Å². The summed E-state index contributed by atoms with van der Waals surface area (Å²) < 4.78 is 5.28. The van der Waals surface area contributed by atoms with E-state index in [4.69, 9.17) is 4.74 Å². The summed E-state index contributed by atoms with van der Waals surface area (Å²) in [6.07, 6.45) is 0.198. The van der Waals surface area contributed by atoms with Crippen molar-refractivity contribution in [1.82, 2.24) is 10.2 Å². The minimum atomic E-state index is -0.400. The molecule has 0 saturated carbocycles. The Bertz CT molecular complexity index is 821. The number of hydrogen-bond acceptors (Lipinski definition) is 6. The highest BCUT2D eigenvalue weighted by Gasteiger charge is 2.35. The summed E-state index contributed by atoms with van der Waals surface area (Å²) in [6, 6.07) is 5.90. The van der Waals surface area contributed by atoms with E-state index < -0.39 is 5.92 Å². The number of nitrogens with one attached hydrogen (secondary N) is 1. The highest BCUT2D eigenvalue weighted by atomic mass is 32.1. The monoisotopic (exact) mass is 374 g/mol. The lowest BCUT2D eigenvalue weighted by Crippen LogP contribution is -2.28. The van der Waals surface area contributed by atoms with Crippen LogP contribution >= 0.6 is 11.3 Å². The molecule has 1 atom stereocenters. The summed E-state index contributed by atoms with van der Waals surface area (Å²) in [5.41, 5.74) is 3.14. The summed E-state index contributed by atoms with van der Waals surface area (Å²) in [4.78, 5) is 26.5. The number of hydrogen-bond donors (Lipinski definition) is 1. The van der Waals surface area contributed by atoms with Crippen molar-refractivity contribution in [1.29, 1.82) is 0 Å². The number of anilines is 2. The molecule has 2 amide bonds. The van der Waals surface area contributed by atoms with Crippen LogP contribution in [0.2, 0.25) is 0 Å². The van der Waals surface area contributed by atoms with Gasteiger partial charge in [0.15, 0.2) is 0 Å². The maximum Gasteiger partial charge on any atom is 0.231 e. The third-order valence-corrected chi connectivity index (χ3v) is 5.24. The number of aromatic nitrogens is 2. The standard InChI is InChI=1S/C18H22N4O3S/c1-4-25-10-15-20-21-18(26-15)19-17(24)13-8-16(23)22(9-13)14-6-5-11(2)12(3)7-14/h5-7,13H,4,8-10H2,1-3H3,(H,19,21,24)/t13-/m1/s1. The maximum absolute atomic E-state index is 12.5. The molecule has 7 nitrogen and oxygen atoms in total. The highest BCUT2D eigenvalue weighted by molar-refractivity contribution is 7.15. The summed E-state index contributed by atoms with van der Waals surface area (Å²) in [5, 5.41) is 11.8. The van der Waals surface area contributed by atoms with Gasteiger partial charge in [-0.05, 0) is 44.0 Å². The highest BCUT2D eigenvalue weighted by Crippen LogP contribution is 2.28. The second-order valence-electron chi connectivity index (χ2n) is 6.30. The Labute approximate surface area is 156 Å². The van der Waals surface area contributed by atoms with E-state index >= 15 is 0 Å². The van der Waals surface area contributed by atoms with Crippen LogP contribution in [0.25, 0.3) is 0 Å². The molecule has 0 radical (unpaired) electrons. The Morgan fingerprint density at radius 3 is 2.88 bits per heavy atom. The number of carbonyl (C=O) groups is 2. The van der Waals surface area contributed by atoms with Gasteiger partial charge in [-0.1, -0.05) is 17.4 Å². The van der Waals surface area contributed by atoms with Crippen LogP contribution in [0, 0.1) is 19.8 Å². The van der Waals surface area contributed by atoms with E-state index in [1.165, 1.54) is 16.9 Å². The second kappa shape index (κ2) is 7.92. The molecule has 0 unspecified atom stereocenters. The van der Waals surface area contributed by atoms with E-state index in [2.05, 4.69) is 15.5 Å². The molecule has 1 aromatic heterocycles. The van der Waals surface area contributed by atoms with E-state index in [9.17, 15) is 9.59 Å². The average Bonchev–Trinajstić information content (AvgIpc) is 3.22. The first-order valence-corrected chi connectivity index (χ1v) is 9.38. The van der Waals surface area contributed by atoms with Crippen LogP contribution in [-0.4, -0.2) is 35.2 Å². The number of aryl methyl sites for hydroxylation is 2. The molecule has 2 aromatic rings. The van der Waals surface area contributed by atoms with Crippen LogP contribution < -0.4 is 10.2 Å². The van der Waals surface area contributed by atoms with E-state index in [0.29, 0.717) is 29.9 Å². The summed E-state index contributed by atoms with van der Waals surface area (Å²) >= 11 is 1.28. The molecule has 0 bridgehead atoms. The molecule has 2 heterocycles. The molecule has 1 saturated heterocycles. The lowest BCUT2D eigenvalue weighted by atomic mass is 10.1. The number of nitrogens with zero attached hydrogens (tertiary/aromatic N) is 3. The van der Waals surface area contributed by atoms with Crippen molar-refractivity contribution in [3.05, 3.63) is 34.3 Å². The van der Waals surface area contributed by atoms with Crippen LogP contribution in [0.1, 0.15) is 29.5 Å². The van der Waals surface area contributed by atoms with Gasteiger partial charge in [-0.2, -0.15) is 0 Å². The molecular formula is C18H22N4O3S. The van der Waals surface area contributed by atoms with Gasteiger partial charge >= 0.3 is 0 Å². The zero-order chi connectivity index (χ0) is 18.7. The lowest BCUT2D eigenvalue weighted by Gasteiger charge is -2.17. The van der Waals surface area contributed by atoms with Gasteiger partial charge in [-0.25, -0.2) is 0 Å². The molecule has 3 rings (SSSR count). The van der Waals surface area contributed by atoms with Crippen molar-refractivity contribution in [2.24, 2.45) is 5.92 Å². The molecule has 1 aliphatic rings. The number of amides is 2. The third-order valence-electron chi connectivity index (χ3n) is 4.42. The Kier molecular flexibility index (Phi) is 5.63. The molecule has 1 aliphatic heterocycles. The summed E-state index contributed by atoms with van der Waals surface area (Å²) in [7, 11) is 0. The van der Waals surface area contributed by atoms with E-state index in [-0.39, 0.29) is 18.2 Å². The van der Waals surface area contributed by atoms with Crippen molar-refractivity contribution in [3.63, 3.8) is 0 Å². The zero-order valence-electron chi connectivity index (χ0n) is 15.1. The summed E-state index contributed by atoms with van der Waals surface area (Å²) in [6.45, 7) is 7.30. The van der Waals surface area contributed by atoms with Crippen LogP contribution in [-0.2, 0) is 20.9 Å². The smallest absolute Gasteiger partial charge is 0.231 e. The van der Waals surface area contributed by atoms with Gasteiger partial charge in [-0.3, -0.25) is 9.59 Å². The molecule has 8 heteroatoms. The zero-order valence-corrected chi connectivity index (χ0v) is 15.9. The fourth-order valence-corrected chi connectivity index (χ4v) is 3.47. The average molecular weight is 374 g/mol. The molecule has 1 aromatic carbocycles. The largest absolute Gasteiger partial charge is 0.374 e. The van der Waals surface area contributed by atoms with Gasteiger partial charge in [0.1, 0.15) is 11.6 Å². The van der Waals surface area contributed by atoms with Crippen LogP contribution in [0.3, 0.4) is 0 Å². The molecule has 138 valence electrons. The van der Waals surface area contributed by atoms with E-state index in [0.717, 1.165) is 11.3 Å². The Balaban J connectivity index is 1.63. The number of rotatable bonds is 6. The fourth-order valence-electron chi connectivity index (χ4n) is 2.79. The first kappa shape index (κ1) is 18.5. The van der Waals surface area contributed by atoms with Crippen molar-refractivity contribution in [2.75, 3.05) is 23.4 Å². The normalized spacial score (nSPS) is 17.0. The predicted molar refractivity (Wildman–Crippen MR) is 100 cm³/mol. The SMILES string of the molecule is CCOCc1nnc(NC(=O)[C@@H]2CC(=O)N(c3ccc(C)c(C)c3)C2)s1. The van der Waals surface area contributed by atoms with Gasteiger partial charge < -0.3 is 15.0 Å². The Morgan fingerprint density at radius 1 is 1.35 bits per heavy atom. The maximum atomic E-state index is 12.5. The summed E-state index contributed by atoms with van der Waals surface area (Å²) in [5.74, 6) is -0.644. The second-order valence-corrected chi connectivity index (χ2v) is 7.36.